The largest absolute Gasteiger partial charge is 0.345 e. The van der Waals surface area contributed by atoms with Gasteiger partial charge in [0.1, 0.15) is 0 Å². The predicted octanol–water partition coefficient (Wildman–Crippen LogP) is 4.27. The molecule has 1 N–H and O–H groups in total. The number of pyridine rings is 1. The fourth-order valence-corrected chi connectivity index (χ4v) is 3.29. The minimum absolute atomic E-state index is 0.0329. The van der Waals surface area contributed by atoms with Gasteiger partial charge in [-0.2, -0.15) is 0 Å². The predicted molar refractivity (Wildman–Crippen MR) is 111 cm³/mol. The van der Waals surface area contributed by atoms with E-state index < -0.39 is 0 Å². The van der Waals surface area contributed by atoms with Crippen LogP contribution in [0, 0.1) is 13.8 Å². The molecule has 1 aromatic heterocycles. The maximum absolute atomic E-state index is 13.2. The molecule has 4 heteroatoms. The first-order valence-electron chi connectivity index (χ1n) is 9.32. The van der Waals surface area contributed by atoms with Crippen LogP contribution in [0.1, 0.15) is 39.6 Å². The highest BCUT2D eigenvalue weighted by atomic mass is 16.1. The Morgan fingerprint density at radius 1 is 1.07 bits per heavy atom. The minimum atomic E-state index is -0.0521. The number of hydrogen-bond acceptors (Lipinski definition) is 3. The Morgan fingerprint density at radius 2 is 1.81 bits per heavy atom. The molecule has 0 spiro atoms. The first kappa shape index (κ1) is 19.1. The summed E-state index contributed by atoms with van der Waals surface area (Å²) in [7, 11) is 4.10. The highest BCUT2D eigenvalue weighted by Gasteiger charge is 2.18. The second-order valence-corrected chi connectivity index (χ2v) is 7.36. The van der Waals surface area contributed by atoms with Gasteiger partial charge in [-0.3, -0.25) is 9.78 Å². The average Bonchev–Trinajstić information content (AvgIpc) is 2.65. The fraction of sp³-hybridized carbons (Fsp3) is 0.304. The zero-order valence-electron chi connectivity index (χ0n) is 16.5. The summed E-state index contributed by atoms with van der Waals surface area (Å²) in [5, 5.41) is 4.15. The number of rotatable bonds is 6. The standard InChI is InChI=1S/C23H27N3O/c1-16-10-11-22-19(14-16)20(15-17(2)24-22)23(27)25-21(12-13-26(3)4)18-8-6-5-7-9-18/h5-11,14-15,21H,12-13H2,1-4H3,(H,25,27). The average molecular weight is 361 g/mol. The van der Waals surface area contributed by atoms with Crippen LogP contribution in [-0.2, 0) is 0 Å². The lowest BCUT2D eigenvalue weighted by atomic mass is 10.0. The van der Waals surface area contributed by atoms with E-state index in [0.29, 0.717) is 5.56 Å². The molecule has 0 fully saturated rings. The fourth-order valence-electron chi connectivity index (χ4n) is 3.29. The summed E-state index contributed by atoms with van der Waals surface area (Å²) in [5.41, 5.74) is 4.64. The molecule has 1 heterocycles. The van der Waals surface area contributed by atoms with Crippen LogP contribution in [-0.4, -0.2) is 36.4 Å². The molecule has 0 saturated heterocycles. The SMILES string of the molecule is Cc1ccc2nc(C)cc(C(=O)NC(CCN(C)C)c3ccccc3)c2c1. The van der Waals surface area contributed by atoms with Gasteiger partial charge in [0.25, 0.3) is 5.91 Å². The summed E-state index contributed by atoms with van der Waals surface area (Å²) in [6, 6.07) is 18.1. The number of hydrogen-bond donors (Lipinski definition) is 1. The van der Waals surface area contributed by atoms with Crippen molar-refractivity contribution in [3.05, 3.63) is 77.0 Å². The summed E-state index contributed by atoms with van der Waals surface area (Å²) in [6.07, 6.45) is 0.851. The Balaban J connectivity index is 1.94. The third-order valence-corrected chi connectivity index (χ3v) is 4.71. The molecule has 140 valence electrons. The number of nitrogens with zero attached hydrogens (tertiary/aromatic N) is 2. The van der Waals surface area contributed by atoms with Gasteiger partial charge in [-0.1, -0.05) is 42.0 Å². The number of benzene rings is 2. The van der Waals surface area contributed by atoms with Crippen LogP contribution in [0.4, 0.5) is 0 Å². The molecule has 0 bridgehead atoms. The first-order valence-corrected chi connectivity index (χ1v) is 9.32. The van der Waals surface area contributed by atoms with E-state index in [2.05, 4.69) is 27.3 Å². The first-order chi connectivity index (χ1) is 12.9. The van der Waals surface area contributed by atoms with Crippen molar-refractivity contribution >= 4 is 16.8 Å². The summed E-state index contributed by atoms with van der Waals surface area (Å²) in [5.74, 6) is -0.0521. The lowest BCUT2D eigenvalue weighted by Crippen LogP contribution is -2.31. The van der Waals surface area contributed by atoms with Crippen molar-refractivity contribution in [3.63, 3.8) is 0 Å². The molecular formula is C23H27N3O. The van der Waals surface area contributed by atoms with Crippen LogP contribution in [0.15, 0.2) is 54.6 Å². The van der Waals surface area contributed by atoms with Gasteiger partial charge in [-0.15, -0.1) is 0 Å². The lowest BCUT2D eigenvalue weighted by Gasteiger charge is -2.22. The highest BCUT2D eigenvalue weighted by molar-refractivity contribution is 6.06. The Labute approximate surface area is 161 Å². The molecule has 0 aliphatic heterocycles. The number of aryl methyl sites for hydroxylation is 2. The van der Waals surface area contributed by atoms with Crippen molar-refractivity contribution in [1.29, 1.82) is 0 Å². The Kier molecular flexibility index (Phi) is 5.87. The molecule has 4 nitrogen and oxygen atoms in total. The zero-order valence-corrected chi connectivity index (χ0v) is 16.5. The van der Waals surface area contributed by atoms with Gasteiger partial charge in [-0.25, -0.2) is 0 Å². The Morgan fingerprint density at radius 3 is 2.52 bits per heavy atom. The van der Waals surface area contributed by atoms with Gasteiger partial charge in [-0.05, 0) is 64.7 Å². The summed E-state index contributed by atoms with van der Waals surface area (Å²) < 4.78 is 0. The van der Waals surface area contributed by atoms with Gasteiger partial charge < -0.3 is 10.2 Å². The second kappa shape index (κ2) is 8.31. The number of aromatic nitrogens is 1. The molecule has 3 aromatic rings. The second-order valence-electron chi connectivity index (χ2n) is 7.36. The zero-order chi connectivity index (χ0) is 19.4. The van der Waals surface area contributed by atoms with E-state index >= 15 is 0 Å². The number of carbonyl (C=O) groups excluding carboxylic acids is 1. The van der Waals surface area contributed by atoms with E-state index in [1.165, 1.54) is 0 Å². The van der Waals surface area contributed by atoms with Gasteiger partial charge >= 0.3 is 0 Å². The van der Waals surface area contributed by atoms with Crippen LogP contribution < -0.4 is 5.32 Å². The summed E-state index contributed by atoms with van der Waals surface area (Å²) >= 11 is 0. The molecule has 3 rings (SSSR count). The molecule has 2 aromatic carbocycles. The number of fused-ring (bicyclic) bond motifs is 1. The van der Waals surface area contributed by atoms with Crippen LogP contribution in [0.3, 0.4) is 0 Å². The number of carbonyl (C=O) groups is 1. The Bertz CT molecular complexity index is 935. The van der Waals surface area contributed by atoms with E-state index in [1.54, 1.807) is 0 Å². The smallest absolute Gasteiger partial charge is 0.252 e. The molecule has 0 radical (unpaired) electrons. The quantitative estimate of drug-likeness (QED) is 0.713. The molecular weight excluding hydrogens is 334 g/mol. The third kappa shape index (κ3) is 4.72. The van der Waals surface area contributed by atoms with Crippen molar-refractivity contribution in [2.75, 3.05) is 20.6 Å². The van der Waals surface area contributed by atoms with Crippen LogP contribution >= 0.6 is 0 Å². The lowest BCUT2D eigenvalue weighted by molar-refractivity contribution is 0.0934. The normalized spacial score (nSPS) is 12.3. The van der Waals surface area contributed by atoms with Crippen molar-refractivity contribution in [2.24, 2.45) is 0 Å². The molecule has 0 aliphatic rings. The molecule has 1 amide bonds. The van der Waals surface area contributed by atoms with E-state index in [4.69, 9.17) is 0 Å². The Hall–Kier alpha value is -2.72. The summed E-state index contributed by atoms with van der Waals surface area (Å²) in [6.45, 7) is 4.86. The monoisotopic (exact) mass is 361 g/mol. The molecule has 0 aliphatic carbocycles. The minimum Gasteiger partial charge on any atom is -0.345 e. The molecule has 0 saturated carbocycles. The van der Waals surface area contributed by atoms with Crippen molar-refractivity contribution in [1.82, 2.24) is 15.2 Å². The maximum Gasteiger partial charge on any atom is 0.252 e. The van der Waals surface area contributed by atoms with Crippen molar-refractivity contribution in [2.45, 2.75) is 26.3 Å². The van der Waals surface area contributed by atoms with Crippen LogP contribution in [0.2, 0.25) is 0 Å². The number of amides is 1. The van der Waals surface area contributed by atoms with Gasteiger partial charge in [0.05, 0.1) is 17.1 Å². The van der Waals surface area contributed by atoms with E-state index in [0.717, 1.165) is 40.7 Å². The summed E-state index contributed by atoms with van der Waals surface area (Å²) in [4.78, 5) is 19.9. The van der Waals surface area contributed by atoms with Gasteiger partial charge in [0, 0.05) is 11.1 Å². The highest BCUT2D eigenvalue weighted by Crippen LogP contribution is 2.22. The van der Waals surface area contributed by atoms with E-state index in [1.807, 2.05) is 70.4 Å². The molecule has 1 atom stereocenters. The van der Waals surface area contributed by atoms with Crippen molar-refractivity contribution in [3.8, 4) is 0 Å². The van der Waals surface area contributed by atoms with E-state index in [-0.39, 0.29) is 11.9 Å². The molecule has 1 unspecified atom stereocenters. The maximum atomic E-state index is 13.2. The topological polar surface area (TPSA) is 45.2 Å². The third-order valence-electron chi connectivity index (χ3n) is 4.71. The van der Waals surface area contributed by atoms with Gasteiger partial charge in [0.2, 0.25) is 0 Å². The number of nitrogens with one attached hydrogen (secondary N) is 1. The molecule has 27 heavy (non-hydrogen) atoms. The van der Waals surface area contributed by atoms with Crippen LogP contribution in [0.5, 0.6) is 0 Å². The van der Waals surface area contributed by atoms with Crippen molar-refractivity contribution < 1.29 is 4.79 Å². The van der Waals surface area contributed by atoms with E-state index in [9.17, 15) is 4.79 Å². The van der Waals surface area contributed by atoms with Crippen LogP contribution in [0.25, 0.3) is 10.9 Å². The van der Waals surface area contributed by atoms with Gasteiger partial charge in [0.15, 0.2) is 0 Å².